The quantitative estimate of drug-likeness (QED) is 0.804. The summed E-state index contributed by atoms with van der Waals surface area (Å²) in [4.78, 5) is 2.15. The lowest BCUT2D eigenvalue weighted by molar-refractivity contribution is 0.213. The molecule has 0 spiro atoms. The Labute approximate surface area is 128 Å². The van der Waals surface area contributed by atoms with E-state index in [9.17, 15) is 8.42 Å². The van der Waals surface area contributed by atoms with E-state index in [-0.39, 0.29) is 16.9 Å². The standard InChI is InChI=1S/C15H26N2O3S/c1-12-6-7-13(10-14(12)17(4)5)21(19,20)16-11-15(2,3)8-9-18/h6-7,10,16,18H,8-9,11H2,1-5H3. The van der Waals surface area contributed by atoms with Gasteiger partial charge < -0.3 is 10.0 Å². The summed E-state index contributed by atoms with van der Waals surface area (Å²) in [7, 11) is 0.228. The minimum absolute atomic E-state index is 0.0457. The van der Waals surface area contributed by atoms with Gasteiger partial charge in [-0.25, -0.2) is 13.1 Å². The lowest BCUT2D eigenvalue weighted by Crippen LogP contribution is -2.34. The van der Waals surface area contributed by atoms with E-state index in [1.807, 2.05) is 45.8 Å². The number of anilines is 1. The van der Waals surface area contributed by atoms with Crippen LogP contribution < -0.4 is 9.62 Å². The summed E-state index contributed by atoms with van der Waals surface area (Å²) in [6.45, 7) is 6.13. The van der Waals surface area contributed by atoms with Gasteiger partial charge in [-0.2, -0.15) is 0 Å². The average Bonchev–Trinajstić information content (AvgIpc) is 2.36. The van der Waals surface area contributed by atoms with Crippen LogP contribution in [0.25, 0.3) is 0 Å². The van der Waals surface area contributed by atoms with Crippen molar-refractivity contribution in [3.8, 4) is 0 Å². The molecule has 0 aliphatic rings. The smallest absolute Gasteiger partial charge is 0.240 e. The summed E-state index contributed by atoms with van der Waals surface area (Å²) in [5, 5.41) is 8.99. The molecule has 0 aromatic heterocycles. The Bertz CT molecular complexity index is 581. The van der Waals surface area contributed by atoms with Crippen molar-refractivity contribution >= 4 is 15.7 Å². The summed E-state index contributed by atoms with van der Waals surface area (Å²) in [5.74, 6) is 0. The topological polar surface area (TPSA) is 69.6 Å². The van der Waals surface area contributed by atoms with Crippen molar-refractivity contribution in [2.75, 3.05) is 32.1 Å². The van der Waals surface area contributed by atoms with Crippen LogP contribution in [0.1, 0.15) is 25.8 Å². The molecule has 0 bridgehead atoms. The SMILES string of the molecule is Cc1ccc(S(=O)(=O)NCC(C)(C)CCO)cc1N(C)C. The molecule has 0 heterocycles. The van der Waals surface area contributed by atoms with Crippen LogP contribution in [0, 0.1) is 12.3 Å². The first-order chi connectivity index (χ1) is 9.59. The number of aliphatic hydroxyl groups is 1. The van der Waals surface area contributed by atoms with E-state index in [1.54, 1.807) is 12.1 Å². The zero-order valence-electron chi connectivity index (χ0n) is 13.5. The van der Waals surface area contributed by atoms with Gasteiger partial charge in [0.15, 0.2) is 0 Å². The van der Waals surface area contributed by atoms with Gasteiger partial charge >= 0.3 is 0 Å². The van der Waals surface area contributed by atoms with Crippen LogP contribution in [-0.2, 0) is 10.0 Å². The molecule has 2 N–H and O–H groups in total. The molecule has 5 nitrogen and oxygen atoms in total. The van der Waals surface area contributed by atoms with Gasteiger partial charge in [0.25, 0.3) is 0 Å². The zero-order chi connectivity index (χ0) is 16.3. The van der Waals surface area contributed by atoms with Gasteiger partial charge in [-0.05, 0) is 36.5 Å². The van der Waals surface area contributed by atoms with E-state index < -0.39 is 10.0 Å². The molecule has 0 radical (unpaired) electrons. The number of sulfonamides is 1. The lowest BCUT2D eigenvalue weighted by Gasteiger charge is -2.24. The Balaban J connectivity index is 2.96. The molecule has 0 unspecified atom stereocenters. The number of nitrogens with one attached hydrogen (secondary N) is 1. The van der Waals surface area contributed by atoms with Crippen LogP contribution in [0.2, 0.25) is 0 Å². The Morgan fingerprint density at radius 1 is 1.29 bits per heavy atom. The van der Waals surface area contributed by atoms with E-state index in [0.717, 1.165) is 11.3 Å². The molecule has 0 saturated carbocycles. The van der Waals surface area contributed by atoms with Crippen LogP contribution in [0.5, 0.6) is 0 Å². The number of benzene rings is 1. The first-order valence-electron chi connectivity index (χ1n) is 6.97. The van der Waals surface area contributed by atoms with E-state index in [0.29, 0.717) is 13.0 Å². The molecule has 0 atom stereocenters. The number of rotatable bonds is 7. The van der Waals surface area contributed by atoms with E-state index >= 15 is 0 Å². The summed E-state index contributed by atoms with van der Waals surface area (Å²) in [5.41, 5.74) is 1.63. The van der Waals surface area contributed by atoms with Crippen LogP contribution in [0.15, 0.2) is 23.1 Å². The summed E-state index contributed by atoms with van der Waals surface area (Å²) in [6, 6.07) is 5.10. The Kier molecular flexibility index (Phi) is 5.78. The first-order valence-corrected chi connectivity index (χ1v) is 8.46. The van der Waals surface area contributed by atoms with Crippen molar-refractivity contribution in [2.24, 2.45) is 5.41 Å². The highest BCUT2D eigenvalue weighted by molar-refractivity contribution is 7.89. The van der Waals surface area contributed by atoms with Crippen LogP contribution in [0.3, 0.4) is 0 Å². The maximum absolute atomic E-state index is 12.4. The molecule has 0 aliphatic heterocycles. The number of aryl methyl sites for hydroxylation is 1. The fourth-order valence-electron chi connectivity index (χ4n) is 2.00. The molecule has 21 heavy (non-hydrogen) atoms. The van der Waals surface area contributed by atoms with E-state index in [2.05, 4.69) is 4.72 Å². The maximum atomic E-state index is 12.4. The largest absolute Gasteiger partial charge is 0.396 e. The summed E-state index contributed by atoms with van der Waals surface area (Å²) in [6.07, 6.45) is 0.548. The predicted molar refractivity (Wildman–Crippen MR) is 86.2 cm³/mol. The lowest BCUT2D eigenvalue weighted by atomic mass is 9.90. The molecule has 0 aliphatic carbocycles. The van der Waals surface area contributed by atoms with Gasteiger partial charge in [0, 0.05) is 32.9 Å². The third-order valence-corrected chi connectivity index (χ3v) is 4.90. The normalized spacial score (nSPS) is 12.5. The number of nitrogens with zero attached hydrogens (tertiary/aromatic N) is 1. The van der Waals surface area contributed by atoms with E-state index in [4.69, 9.17) is 5.11 Å². The molecular formula is C15H26N2O3S. The van der Waals surface area contributed by atoms with Crippen molar-refractivity contribution in [3.63, 3.8) is 0 Å². The Morgan fingerprint density at radius 3 is 2.43 bits per heavy atom. The minimum atomic E-state index is -3.54. The van der Waals surface area contributed by atoms with Gasteiger partial charge in [0.1, 0.15) is 0 Å². The molecule has 6 heteroatoms. The highest BCUT2D eigenvalue weighted by atomic mass is 32.2. The Morgan fingerprint density at radius 2 is 1.90 bits per heavy atom. The van der Waals surface area contributed by atoms with Crippen LogP contribution in [-0.4, -0.2) is 40.8 Å². The van der Waals surface area contributed by atoms with Crippen molar-refractivity contribution in [2.45, 2.75) is 32.1 Å². The maximum Gasteiger partial charge on any atom is 0.240 e. The van der Waals surface area contributed by atoms with Crippen LogP contribution in [0.4, 0.5) is 5.69 Å². The van der Waals surface area contributed by atoms with Crippen LogP contribution >= 0.6 is 0 Å². The van der Waals surface area contributed by atoms with Gasteiger partial charge in [-0.3, -0.25) is 0 Å². The predicted octanol–water partition coefficient (Wildman–Crippen LogP) is 1.75. The first kappa shape index (κ1) is 17.9. The third-order valence-electron chi connectivity index (χ3n) is 3.50. The fraction of sp³-hybridized carbons (Fsp3) is 0.600. The summed E-state index contributed by atoms with van der Waals surface area (Å²) >= 11 is 0. The molecule has 1 aromatic rings. The van der Waals surface area contributed by atoms with Crippen molar-refractivity contribution < 1.29 is 13.5 Å². The zero-order valence-corrected chi connectivity index (χ0v) is 14.3. The van der Waals surface area contributed by atoms with Gasteiger partial charge in [-0.1, -0.05) is 19.9 Å². The van der Waals surface area contributed by atoms with E-state index in [1.165, 1.54) is 0 Å². The summed E-state index contributed by atoms with van der Waals surface area (Å²) < 4.78 is 27.4. The second-order valence-electron chi connectivity index (χ2n) is 6.31. The number of hydrogen-bond donors (Lipinski definition) is 2. The molecule has 120 valence electrons. The van der Waals surface area contributed by atoms with Gasteiger partial charge in [0.2, 0.25) is 10.0 Å². The highest BCUT2D eigenvalue weighted by Gasteiger charge is 2.22. The van der Waals surface area contributed by atoms with Gasteiger partial charge in [-0.15, -0.1) is 0 Å². The van der Waals surface area contributed by atoms with Gasteiger partial charge in [0.05, 0.1) is 4.90 Å². The van der Waals surface area contributed by atoms with Crippen molar-refractivity contribution in [1.29, 1.82) is 0 Å². The third kappa shape index (κ3) is 4.98. The molecular weight excluding hydrogens is 288 g/mol. The Hall–Kier alpha value is -1.11. The molecule has 1 aromatic carbocycles. The monoisotopic (exact) mass is 314 g/mol. The minimum Gasteiger partial charge on any atom is -0.396 e. The number of aliphatic hydroxyl groups excluding tert-OH is 1. The second-order valence-corrected chi connectivity index (χ2v) is 8.07. The number of hydrogen-bond acceptors (Lipinski definition) is 4. The highest BCUT2D eigenvalue weighted by Crippen LogP contribution is 2.23. The molecule has 1 rings (SSSR count). The average molecular weight is 314 g/mol. The van der Waals surface area contributed by atoms with Crippen molar-refractivity contribution in [1.82, 2.24) is 4.72 Å². The van der Waals surface area contributed by atoms with Crippen molar-refractivity contribution in [3.05, 3.63) is 23.8 Å². The molecule has 0 fully saturated rings. The fourth-order valence-corrected chi connectivity index (χ4v) is 3.26. The molecule has 0 saturated heterocycles. The second kappa shape index (κ2) is 6.77. The molecule has 0 amide bonds.